The van der Waals surface area contributed by atoms with Gasteiger partial charge in [-0.25, -0.2) is 0 Å². The Morgan fingerprint density at radius 2 is 1.63 bits per heavy atom. The van der Waals surface area contributed by atoms with Crippen LogP contribution in [0.25, 0.3) is 0 Å². The lowest BCUT2D eigenvalue weighted by atomic mass is 9.63. The number of carbonyl (C=O) groups is 3. The number of carbonyl (C=O) groups excluding carboxylic acids is 3. The molecule has 0 spiro atoms. The molecule has 2 saturated heterocycles. The summed E-state index contributed by atoms with van der Waals surface area (Å²) in [5, 5.41) is 0. The monoisotopic (exact) mass is 409 g/mol. The third-order valence-corrected chi connectivity index (χ3v) is 7.19. The maximum atomic E-state index is 12.9. The lowest BCUT2D eigenvalue weighted by Gasteiger charge is -2.38. The fourth-order valence-corrected chi connectivity index (χ4v) is 5.55. The molecule has 3 fully saturated rings. The number of nitrogens with zero attached hydrogens (tertiary/aromatic N) is 3. The van der Waals surface area contributed by atoms with Gasteiger partial charge in [-0.15, -0.1) is 0 Å². The van der Waals surface area contributed by atoms with E-state index in [1.165, 1.54) is 4.90 Å². The van der Waals surface area contributed by atoms with Gasteiger partial charge in [-0.05, 0) is 36.8 Å². The molecule has 5 aliphatic rings. The molecule has 1 saturated carbocycles. The van der Waals surface area contributed by atoms with Gasteiger partial charge >= 0.3 is 0 Å². The van der Waals surface area contributed by atoms with Crippen LogP contribution in [0.2, 0.25) is 0 Å². The smallest absolute Gasteiger partial charge is 0.242 e. The van der Waals surface area contributed by atoms with Crippen molar-refractivity contribution in [2.45, 2.75) is 12.8 Å². The number of likely N-dealkylation sites (tertiary alicyclic amines) is 1. The van der Waals surface area contributed by atoms with Gasteiger partial charge in [0.25, 0.3) is 0 Å². The highest BCUT2D eigenvalue weighted by Crippen LogP contribution is 2.49. The zero-order valence-corrected chi connectivity index (χ0v) is 17.2. The molecule has 4 unspecified atom stereocenters. The van der Waals surface area contributed by atoms with Crippen LogP contribution >= 0.6 is 0 Å². The normalized spacial score (nSPS) is 30.1. The Hall–Kier alpha value is -2.83. The molecule has 1 aromatic rings. The van der Waals surface area contributed by atoms with Crippen LogP contribution in [0.3, 0.4) is 0 Å². The molecule has 7 nitrogen and oxygen atoms in total. The van der Waals surface area contributed by atoms with E-state index in [9.17, 15) is 14.4 Å². The van der Waals surface area contributed by atoms with Crippen LogP contribution in [0.4, 0.5) is 5.69 Å². The highest BCUT2D eigenvalue weighted by Gasteiger charge is 2.56. The number of ether oxygens (including phenoxy) is 1. The molecule has 0 radical (unpaired) electrons. The van der Waals surface area contributed by atoms with E-state index in [2.05, 4.69) is 17.1 Å². The summed E-state index contributed by atoms with van der Waals surface area (Å²) in [6, 6.07) is 7.89. The van der Waals surface area contributed by atoms with Crippen LogP contribution in [0, 0.1) is 23.7 Å². The van der Waals surface area contributed by atoms with Crippen molar-refractivity contribution in [3.8, 4) is 5.75 Å². The number of hydrogen-bond acceptors (Lipinski definition) is 5. The summed E-state index contributed by atoms with van der Waals surface area (Å²) >= 11 is 0. The molecule has 6 rings (SSSR count). The summed E-state index contributed by atoms with van der Waals surface area (Å²) in [6.45, 7) is 2.45. The lowest BCUT2D eigenvalue weighted by molar-refractivity contribution is -0.146. The van der Waals surface area contributed by atoms with E-state index in [1.54, 1.807) is 12.0 Å². The molecule has 158 valence electrons. The second-order valence-corrected chi connectivity index (χ2v) is 8.67. The lowest BCUT2D eigenvalue weighted by Crippen LogP contribution is -2.52. The first kappa shape index (κ1) is 19.2. The zero-order valence-electron chi connectivity index (χ0n) is 17.2. The summed E-state index contributed by atoms with van der Waals surface area (Å²) in [6.07, 6.45) is 6.14. The fourth-order valence-electron chi connectivity index (χ4n) is 5.55. The van der Waals surface area contributed by atoms with E-state index in [1.807, 2.05) is 24.3 Å². The van der Waals surface area contributed by atoms with Crippen molar-refractivity contribution in [1.82, 2.24) is 9.80 Å². The van der Waals surface area contributed by atoms with Crippen LogP contribution in [0.1, 0.15) is 12.8 Å². The molecule has 7 heteroatoms. The zero-order chi connectivity index (χ0) is 20.8. The van der Waals surface area contributed by atoms with Crippen molar-refractivity contribution < 1.29 is 19.1 Å². The third-order valence-electron chi connectivity index (χ3n) is 7.19. The minimum atomic E-state index is -0.251. The van der Waals surface area contributed by atoms with Gasteiger partial charge in [-0.1, -0.05) is 18.2 Å². The predicted molar refractivity (Wildman–Crippen MR) is 111 cm³/mol. The average molecular weight is 409 g/mol. The van der Waals surface area contributed by atoms with Crippen molar-refractivity contribution in [3.05, 3.63) is 36.4 Å². The Balaban J connectivity index is 1.21. The quantitative estimate of drug-likeness (QED) is 0.557. The van der Waals surface area contributed by atoms with Gasteiger partial charge < -0.3 is 14.5 Å². The van der Waals surface area contributed by atoms with Crippen molar-refractivity contribution in [2.75, 3.05) is 44.7 Å². The van der Waals surface area contributed by atoms with E-state index in [-0.39, 0.29) is 47.9 Å². The van der Waals surface area contributed by atoms with Crippen LogP contribution in [0.5, 0.6) is 5.75 Å². The largest absolute Gasteiger partial charge is 0.497 e. The van der Waals surface area contributed by atoms with Gasteiger partial charge in [0.2, 0.25) is 17.7 Å². The van der Waals surface area contributed by atoms with Gasteiger partial charge in [-0.2, -0.15) is 0 Å². The Bertz CT molecular complexity index is 873. The maximum absolute atomic E-state index is 12.9. The van der Waals surface area contributed by atoms with E-state index in [0.29, 0.717) is 26.2 Å². The molecule has 1 aromatic carbocycles. The Kier molecular flexibility index (Phi) is 4.76. The van der Waals surface area contributed by atoms with Crippen molar-refractivity contribution in [2.24, 2.45) is 23.7 Å². The van der Waals surface area contributed by atoms with Crippen LogP contribution in [-0.2, 0) is 14.4 Å². The number of hydrogen-bond donors (Lipinski definition) is 0. The van der Waals surface area contributed by atoms with E-state index in [4.69, 9.17) is 4.74 Å². The average Bonchev–Trinajstić information content (AvgIpc) is 3.07. The molecule has 3 amide bonds. The number of amides is 3. The summed E-state index contributed by atoms with van der Waals surface area (Å²) in [4.78, 5) is 44.0. The van der Waals surface area contributed by atoms with Gasteiger partial charge in [0.05, 0.1) is 18.9 Å². The Labute approximate surface area is 176 Å². The van der Waals surface area contributed by atoms with Crippen molar-refractivity contribution in [3.63, 3.8) is 0 Å². The maximum Gasteiger partial charge on any atom is 0.242 e. The first-order chi connectivity index (χ1) is 14.6. The Morgan fingerprint density at radius 1 is 1.00 bits per heavy atom. The minimum Gasteiger partial charge on any atom is -0.497 e. The second kappa shape index (κ2) is 7.45. The van der Waals surface area contributed by atoms with Gasteiger partial charge in [0.15, 0.2) is 0 Å². The second-order valence-electron chi connectivity index (χ2n) is 8.67. The molecule has 0 aromatic heterocycles. The van der Waals surface area contributed by atoms with Gasteiger partial charge in [-0.3, -0.25) is 19.3 Å². The number of anilines is 1. The fraction of sp³-hybridized carbons (Fsp3) is 0.522. The third kappa shape index (κ3) is 3.07. The molecule has 3 aliphatic carbocycles. The molecule has 4 atom stereocenters. The van der Waals surface area contributed by atoms with Crippen molar-refractivity contribution in [1.29, 1.82) is 0 Å². The highest BCUT2D eigenvalue weighted by molar-refractivity contribution is 6.08. The van der Waals surface area contributed by atoms with E-state index in [0.717, 1.165) is 24.3 Å². The number of rotatable bonds is 4. The number of fused-ring (bicyclic) bond motifs is 1. The molecular formula is C23H27N3O4. The SMILES string of the molecule is COc1cccc(N2CCN(C(=O)CN3C(=O)C4C5C=CC(CC5)C4C3=O)CC2)c1. The summed E-state index contributed by atoms with van der Waals surface area (Å²) in [7, 11) is 1.65. The Morgan fingerprint density at radius 3 is 2.20 bits per heavy atom. The molecule has 2 heterocycles. The summed E-state index contributed by atoms with van der Waals surface area (Å²) in [5.41, 5.74) is 1.07. The number of methoxy groups -OCH3 is 1. The summed E-state index contributed by atoms with van der Waals surface area (Å²) in [5.74, 6) is 0.187. The first-order valence-corrected chi connectivity index (χ1v) is 10.8. The number of benzene rings is 1. The number of piperazine rings is 1. The molecule has 2 aliphatic heterocycles. The molecular weight excluding hydrogens is 382 g/mol. The molecule has 2 bridgehead atoms. The number of imide groups is 1. The standard InChI is InChI=1S/C23H27N3O4/c1-30-18-4-2-3-17(13-18)24-9-11-25(12-10-24)19(27)14-26-22(28)20-15-5-6-16(8-7-15)21(20)23(26)29/h2-6,13,15-16,20-21H,7-12,14H2,1H3. The van der Waals surface area contributed by atoms with E-state index >= 15 is 0 Å². The summed E-state index contributed by atoms with van der Waals surface area (Å²) < 4.78 is 5.29. The van der Waals surface area contributed by atoms with Crippen molar-refractivity contribution >= 4 is 23.4 Å². The van der Waals surface area contributed by atoms with E-state index < -0.39 is 0 Å². The minimum absolute atomic E-state index is 0.122. The van der Waals surface area contributed by atoms with Gasteiger partial charge in [0, 0.05) is 37.9 Å². The predicted octanol–water partition coefficient (Wildman–Crippen LogP) is 1.54. The topological polar surface area (TPSA) is 70.2 Å². The number of allylic oxidation sites excluding steroid dienone is 2. The highest BCUT2D eigenvalue weighted by atomic mass is 16.5. The van der Waals surface area contributed by atoms with Crippen LogP contribution in [0.15, 0.2) is 36.4 Å². The first-order valence-electron chi connectivity index (χ1n) is 10.8. The van der Waals surface area contributed by atoms with Gasteiger partial charge in [0.1, 0.15) is 12.3 Å². The van der Waals surface area contributed by atoms with Crippen LogP contribution in [-0.4, -0.2) is 67.4 Å². The molecule has 0 N–H and O–H groups in total. The molecule has 30 heavy (non-hydrogen) atoms. The van der Waals surface area contributed by atoms with Crippen LogP contribution < -0.4 is 9.64 Å².